The number of carbonyl (C=O) groups is 1. The molecule has 0 N–H and O–H groups in total. The van der Waals surface area contributed by atoms with E-state index < -0.39 is 0 Å². The predicted octanol–water partition coefficient (Wildman–Crippen LogP) is 1.05. The van der Waals surface area contributed by atoms with Gasteiger partial charge in [-0.2, -0.15) is 0 Å². The number of ketones is 1. The molecule has 2 heterocycles. The molecule has 2 rings (SSSR count). The molecule has 0 aromatic carbocycles. The number of nitrogens with zero attached hydrogens (tertiary/aromatic N) is 3. The van der Waals surface area contributed by atoms with Crippen LogP contribution in [-0.4, -0.2) is 33.3 Å². The fraction of sp³-hybridized carbons (Fsp3) is 0.700. The molecule has 15 heavy (non-hydrogen) atoms. The molecule has 1 saturated heterocycles. The molecule has 1 fully saturated rings. The highest BCUT2D eigenvalue weighted by Gasteiger charge is 2.15. The van der Waals surface area contributed by atoms with Gasteiger partial charge in [0.1, 0.15) is 6.33 Å². The Morgan fingerprint density at radius 3 is 3.13 bits per heavy atom. The summed E-state index contributed by atoms with van der Waals surface area (Å²) in [5.74, 6) is 0.184. The van der Waals surface area contributed by atoms with Crippen molar-refractivity contribution in [3.8, 4) is 0 Å². The van der Waals surface area contributed by atoms with Crippen LogP contribution in [0.15, 0.2) is 6.33 Å². The smallest absolute Gasteiger partial charge is 0.216 e. The minimum atomic E-state index is -0.0988. The Morgan fingerprint density at radius 2 is 2.53 bits per heavy atom. The lowest BCUT2D eigenvalue weighted by Gasteiger charge is -2.21. The second kappa shape index (κ2) is 4.53. The van der Waals surface area contributed by atoms with Crippen LogP contribution in [0.1, 0.15) is 36.8 Å². The molecule has 1 aliphatic rings. The predicted molar refractivity (Wildman–Crippen MR) is 53.6 cm³/mol. The van der Waals surface area contributed by atoms with Gasteiger partial charge in [0.15, 0.2) is 5.78 Å². The topological polar surface area (TPSA) is 57.0 Å². The number of carbonyl (C=O) groups excluding carboxylic acids is 1. The van der Waals surface area contributed by atoms with Gasteiger partial charge in [-0.05, 0) is 19.3 Å². The van der Waals surface area contributed by atoms with Crippen LogP contribution < -0.4 is 0 Å². The number of aromatic nitrogens is 3. The highest BCUT2D eigenvalue weighted by Crippen LogP contribution is 2.13. The first-order valence-electron chi connectivity index (χ1n) is 5.27. The van der Waals surface area contributed by atoms with Gasteiger partial charge in [0, 0.05) is 13.5 Å². The maximum Gasteiger partial charge on any atom is 0.216 e. The van der Waals surface area contributed by atoms with Gasteiger partial charge in [0.05, 0.1) is 12.6 Å². The number of hydrogen-bond donors (Lipinski definition) is 0. The normalized spacial score (nSPS) is 21.5. The maximum absolute atomic E-state index is 11.0. The molecule has 5 heteroatoms. The zero-order valence-corrected chi connectivity index (χ0v) is 8.85. The van der Waals surface area contributed by atoms with Crippen molar-refractivity contribution in [3.05, 3.63) is 12.2 Å². The Bertz CT molecular complexity index is 342. The summed E-state index contributed by atoms with van der Waals surface area (Å²) in [6, 6.07) is 0. The maximum atomic E-state index is 11.0. The summed E-state index contributed by atoms with van der Waals surface area (Å²) in [7, 11) is 0. The molecule has 0 aliphatic carbocycles. The van der Waals surface area contributed by atoms with Gasteiger partial charge in [0.2, 0.25) is 5.82 Å². The molecule has 0 saturated carbocycles. The lowest BCUT2D eigenvalue weighted by atomic mass is 10.1. The van der Waals surface area contributed by atoms with E-state index in [1.165, 1.54) is 13.3 Å². The summed E-state index contributed by atoms with van der Waals surface area (Å²) in [5.41, 5.74) is 0. The largest absolute Gasteiger partial charge is 0.376 e. The van der Waals surface area contributed by atoms with Crippen LogP contribution in [0.25, 0.3) is 0 Å². The zero-order chi connectivity index (χ0) is 10.7. The van der Waals surface area contributed by atoms with Crippen LogP contribution in [0, 0.1) is 0 Å². The number of hydrogen-bond acceptors (Lipinski definition) is 4. The molecule has 1 aromatic rings. The van der Waals surface area contributed by atoms with Crippen molar-refractivity contribution in [2.75, 3.05) is 6.61 Å². The summed E-state index contributed by atoms with van der Waals surface area (Å²) < 4.78 is 7.27. The van der Waals surface area contributed by atoms with Crippen LogP contribution in [0.4, 0.5) is 0 Å². The first-order valence-corrected chi connectivity index (χ1v) is 5.27. The monoisotopic (exact) mass is 209 g/mol. The van der Waals surface area contributed by atoms with Crippen molar-refractivity contribution in [3.63, 3.8) is 0 Å². The molecule has 0 radical (unpaired) electrons. The van der Waals surface area contributed by atoms with E-state index in [9.17, 15) is 4.79 Å². The van der Waals surface area contributed by atoms with Gasteiger partial charge < -0.3 is 4.74 Å². The molecular weight excluding hydrogens is 194 g/mol. The van der Waals surface area contributed by atoms with E-state index in [1.54, 1.807) is 11.0 Å². The van der Waals surface area contributed by atoms with Gasteiger partial charge in [-0.25, -0.2) is 9.67 Å². The minimum Gasteiger partial charge on any atom is -0.376 e. The average Bonchev–Trinajstić information content (AvgIpc) is 2.68. The Morgan fingerprint density at radius 1 is 1.67 bits per heavy atom. The van der Waals surface area contributed by atoms with E-state index >= 15 is 0 Å². The third kappa shape index (κ3) is 2.62. The molecule has 1 unspecified atom stereocenters. The standard InChI is InChI=1S/C10H15N3O2/c1-8(14)10-11-7-13(12-10)6-9-4-2-3-5-15-9/h7,9H,2-6H2,1H3. The quantitative estimate of drug-likeness (QED) is 0.698. The van der Waals surface area contributed by atoms with Crippen molar-refractivity contribution in [2.45, 2.75) is 38.8 Å². The molecule has 1 aromatic heterocycles. The molecule has 0 amide bonds. The van der Waals surface area contributed by atoms with Gasteiger partial charge >= 0.3 is 0 Å². The average molecular weight is 209 g/mol. The molecule has 0 spiro atoms. The second-order valence-corrected chi connectivity index (χ2v) is 3.83. The van der Waals surface area contributed by atoms with Gasteiger partial charge in [-0.3, -0.25) is 4.79 Å². The summed E-state index contributed by atoms with van der Waals surface area (Å²) in [4.78, 5) is 14.9. The van der Waals surface area contributed by atoms with E-state index in [0.717, 1.165) is 19.4 Å². The van der Waals surface area contributed by atoms with E-state index in [2.05, 4.69) is 10.1 Å². The Labute approximate surface area is 88.4 Å². The second-order valence-electron chi connectivity index (χ2n) is 3.83. The molecular formula is C10H15N3O2. The van der Waals surface area contributed by atoms with Crippen LogP contribution in [0.5, 0.6) is 0 Å². The van der Waals surface area contributed by atoms with Crippen LogP contribution >= 0.6 is 0 Å². The van der Waals surface area contributed by atoms with Gasteiger partial charge in [-0.15, -0.1) is 5.10 Å². The first kappa shape index (κ1) is 10.3. The fourth-order valence-corrected chi connectivity index (χ4v) is 1.70. The van der Waals surface area contributed by atoms with Crippen molar-refractivity contribution in [2.24, 2.45) is 0 Å². The summed E-state index contributed by atoms with van der Waals surface area (Å²) in [6.07, 6.45) is 5.23. The van der Waals surface area contributed by atoms with Gasteiger partial charge in [-0.1, -0.05) is 0 Å². The zero-order valence-electron chi connectivity index (χ0n) is 8.85. The lowest BCUT2D eigenvalue weighted by molar-refractivity contribution is 0.00388. The summed E-state index contributed by atoms with van der Waals surface area (Å²) in [6.45, 7) is 3.00. The molecule has 1 atom stereocenters. The van der Waals surface area contributed by atoms with Crippen molar-refractivity contribution < 1.29 is 9.53 Å². The number of Topliss-reactive ketones (excluding diaryl/α,β-unsaturated/α-hetero) is 1. The van der Waals surface area contributed by atoms with E-state index in [-0.39, 0.29) is 17.7 Å². The van der Waals surface area contributed by atoms with Crippen molar-refractivity contribution >= 4 is 5.78 Å². The minimum absolute atomic E-state index is 0.0988. The lowest BCUT2D eigenvalue weighted by Crippen LogP contribution is -2.24. The third-order valence-corrected chi connectivity index (χ3v) is 2.52. The first-order chi connectivity index (χ1) is 7.25. The highest BCUT2D eigenvalue weighted by atomic mass is 16.5. The number of rotatable bonds is 3. The Hall–Kier alpha value is -1.23. The molecule has 5 nitrogen and oxygen atoms in total. The Balaban J connectivity index is 1.94. The van der Waals surface area contributed by atoms with E-state index in [4.69, 9.17) is 4.74 Å². The van der Waals surface area contributed by atoms with E-state index in [1.807, 2.05) is 0 Å². The van der Waals surface area contributed by atoms with Crippen molar-refractivity contribution in [1.82, 2.24) is 14.8 Å². The van der Waals surface area contributed by atoms with Crippen LogP contribution in [-0.2, 0) is 11.3 Å². The summed E-state index contributed by atoms with van der Waals surface area (Å²) in [5, 5.41) is 4.08. The third-order valence-electron chi connectivity index (χ3n) is 2.52. The van der Waals surface area contributed by atoms with Crippen LogP contribution in [0.2, 0.25) is 0 Å². The SMILES string of the molecule is CC(=O)c1ncn(CC2CCCCO2)n1. The molecule has 1 aliphatic heterocycles. The molecule has 0 bridgehead atoms. The number of ether oxygens (including phenoxy) is 1. The highest BCUT2D eigenvalue weighted by molar-refractivity contribution is 5.89. The Kier molecular flexibility index (Phi) is 3.11. The summed E-state index contributed by atoms with van der Waals surface area (Å²) >= 11 is 0. The van der Waals surface area contributed by atoms with Crippen LogP contribution in [0.3, 0.4) is 0 Å². The fourth-order valence-electron chi connectivity index (χ4n) is 1.70. The van der Waals surface area contributed by atoms with Gasteiger partial charge in [0.25, 0.3) is 0 Å². The van der Waals surface area contributed by atoms with Crippen molar-refractivity contribution in [1.29, 1.82) is 0 Å². The molecule has 82 valence electrons. The van der Waals surface area contributed by atoms with E-state index in [0.29, 0.717) is 6.54 Å².